The van der Waals surface area contributed by atoms with Gasteiger partial charge in [-0.25, -0.2) is 0 Å². The number of aliphatic hydroxyl groups is 5. The minimum Gasteiger partial charge on any atom is -0.387 e. The van der Waals surface area contributed by atoms with Gasteiger partial charge in [0.05, 0.1) is 4.92 Å². The maximum absolute atomic E-state index is 12.1. The largest absolute Gasteiger partial charge is 0.387 e. The van der Waals surface area contributed by atoms with Crippen LogP contribution in [0.5, 0.6) is 0 Å². The zero-order valence-electron chi connectivity index (χ0n) is 11.6. The summed E-state index contributed by atoms with van der Waals surface area (Å²) in [5, 5.41) is 58.8. The quantitative estimate of drug-likeness (QED) is 0.232. The van der Waals surface area contributed by atoms with E-state index < -0.39 is 49.6 Å². The van der Waals surface area contributed by atoms with Gasteiger partial charge in [0.2, 0.25) is 8.03 Å². The Balaban J connectivity index is 2.13. The van der Waals surface area contributed by atoms with Crippen molar-refractivity contribution in [1.82, 2.24) is 0 Å². The van der Waals surface area contributed by atoms with E-state index in [2.05, 4.69) is 0 Å². The molecule has 1 saturated carbocycles. The monoisotopic (exact) mass is 349 g/mol. The lowest BCUT2D eigenvalue weighted by molar-refractivity contribution is -0.384. The van der Waals surface area contributed by atoms with Crippen molar-refractivity contribution in [3.63, 3.8) is 0 Å². The first-order chi connectivity index (χ1) is 10.7. The van der Waals surface area contributed by atoms with Crippen molar-refractivity contribution < 1.29 is 39.5 Å². The maximum Gasteiger partial charge on any atom is 0.269 e. The van der Waals surface area contributed by atoms with Crippen molar-refractivity contribution in [3.8, 4) is 0 Å². The van der Waals surface area contributed by atoms with Crippen LogP contribution in [0.25, 0.3) is 0 Å². The van der Waals surface area contributed by atoms with E-state index in [9.17, 15) is 40.2 Å². The average Bonchev–Trinajstić information content (AvgIpc) is 2.55. The standard InChI is InChI=1S/C12H16NO9P/c14-7-8(15)10(17)12(11(18)9(7)16)22-23(21)6-3-1-5(2-4-6)13(19)20/h1-4,7-12,14-18,23H. The number of nitro benzene ring substituents is 1. The van der Waals surface area contributed by atoms with Gasteiger partial charge in [0, 0.05) is 17.4 Å². The lowest BCUT2D eigenvalue weighted by Crippen LogP contribution is -2.63. The van der Waals surface area contributed by atoms with Crippen LogP contribution in [0.4, 0.5) is 5.69 Å². The fraction of sp³-hybridized carbons (Fsp3) is 0.500. The number of nitrogens with zero attached hydrogens (tertiary/aromatic N) is 1. The van der Waals surface area contributed by atoms with Gasteiger partial charge in [0.15, 0.2) is 0 Å². The summed E-state index contributed by atoms with van der Waals surface area (Å²) in [5.74, 6) is 0. The molecule has 1 fully saturated rings. The molecule has 0 amide bonds. The molecule has 5 atom stereocenters. The SMILES string of the molecule is O=[N+]([O-])c1ccc([PH](=O)OC2C(O)C(O)C(O)C(O)C2O)cc1. The number of nitro groups is 1. The molecular weight excluding hydrogens is 333 g/mol. The van der Waals surface area contributed by atoms with E-state index in [0.717, 1.165) is 12.1 Å². The van der Waals surface area contributed by atoms with Crippen LogP contribution < -0.4 is 5.30 Å². The third-order valence-electron chi connectivity index (χ3n) is 3.63. The predicted molar refractivity (Wildman–Crippen MR) is 76.6 cm³/mol. The van der Waals surface area contributed by atoms with Gasteiger partial charge in [-0.2, -0.15) is 0 Å². The molecule has 128 valence electrons. The number of aliphatic hydroxyl groups excluding tert-OH is 5. The second kappa shape index (κ2) is 7.02. The Morgan fingerprint density at radius 3 is 1.78 bits per heavy atom. The molecule has 1 aliphatic carbocycles. The summed E-state index contributed by atoms with van der Waals surface area (Å²) in [6.45, 7) is 0. The highest BCUT2D eigenvalue weighted by Crippen LogP contribution is 2.32. The molecule has 0 radical (unpaired) electrons. The highest BCUT2D eigenvalue weighted by Gasteiger charge is 2.49. The minimum absolute atomic E-state index is 0.0927. The first-order valence-corrected chi connectivity index (χ1v) is 7.91. The maximum atomic E-state index is 12.1. The number of hydrogen-bond donors (Lipinski definition) is 5. The van der Waals surface area contributed by atoms with Gasteiger partial charge in [-0.05, 0) is 12.1 Å². The summed E-state index contributed by atoms with van der Waals surface area (Å²) < 4.78 is 17.2. The molecule has 5 N–H and O–H groups in total. The second-order valence-electron chi connectivity index (χ2n) is 5.13. The van der Waals surface area contributed by atoms with Crippen LogP contribution in [0.1, 0.15) is 0 Å². The third-order valence-corrected chi connectivity index (χ3v) is 4.92. The van der Waals surface area contributed by atoms with E-state index >= 15 is 0 Å². The van der Waals surface area contributed by atoms with Crippen molar-refractivity contribution in [2.75, 3.05) is 0 Å². The molecule has 1 aromatic carbocycles. The summed E-state index contributed by atoms with van der Waals surface area (Å²) in [5.41, 5.74) is -0.213. The van der Waals surface area contributed by atoms with Gasteiger partial charge in [-0.1, -0.05) is 0 Å². The van der Waals surface area contributed by atoms with E-state index in [1.54, 1.807) is 0 Å². The minimum atomic E-state index is -3.03. The zero-order valence-corrected chi connectivity index (χ0v) is 12.6. The predicted octanol–water partition coefficient (Wildman–Crippen LogP) is -2.10. The highest BCUT2D eigenvalue weighted by molar-refractivity contribution is 7.48. The van der Waals surface area contributed by atoms with Crippen molar-refractivity contribution in [2.24, 2.45) is 0 Å². The average molecular weight is 349 g/mol. The zero-order chi connectivity index (χ0) is 17.3. The molecule has 23 heavy (non-hydrogen) atoms. The van der Waals surface area contributed by atoms with E-state index in [-0.39, 0.29) is 11.0 Å². The summed E-state index contributed by atoms with van der Waals surface area (Å²) in [6.07, 6.45) is -10.5. The van der Waals surface area contributed by atoms with Gasteiger partial charge in [-0.15, -0.1) is 0 Å². The van der Waals surface area contributed by atoms with Crippen LogP contribution in [-0.4, -0.2) is 67.1 Å². The summed E-state index contributed by atoms with van der Waals surface area (Å²) >= 11 is 0. The van der Waals surface area contributed by atoms with Gasteiger partial charge < -0.3 is 30.1 Å². The van der Waals surface area contributed by atoms with Crippen LogP contribution in [0.3, 0.4) is 0 Å². The molecule has 1 aromatic rings. The molecule has 0 heterocycles. The molecule has 0 aromatic heterocycles. The van der Waals surface area contributed by atoms with E-state index in [0.29, 0.717) is 0 Å². The van der Waals surface area contributed by atoms with Crippen LogP contribution >= 0.6 is 8.03 Å². The van der Waals surface area contributed by atoms with Gasteiger partial charge >= 0.3 is 0 Å². The molecule has 10 nitrogen and oxygen atoms in total. The Morgan fingerprint density at radius 2 is 1.35 bits per heavy atom. The van der Waals surface area contributed by atoms with Gasteiger partial charge in [0.25, 0.3) is 5.69 Å². The van der Waals surface area contributed by atoms with Crippen molar-refractivity contribution in [1.29, 1.82) is 0 Å². The van der Waals surface area contributed by atoms with Crippen LogP contribution in [-0.2, 0) is 9.09 Å². The number of non-ortho nitro benzene ring substituents is 1. The topological polar surface area (TPSA) is 171 Å². The van der Waals surface area contributed by atoms with E-state index in [4.69, 9.17) is 4.52 Å². The Hall–Kier alpha value is -1.39. The highest BCUT2D eigenvalue weighted by atomic mass is 31.1. The molecule has 2 rings (SSSR count). The normalized spacial score (nSPS) is 35.7. The number of rotatable bonds is 4. The first kappa shape index (κ1) is 18.0. The molecule has 0 aliphatic heterocycles. The molecule has 0 spiro atoms. The van der Waals surface area contributed by atoms with Crippen molar-refractivity contribution in [2.45, 2.75) is 36.6 Å². The van der Waals surface area contributed by atoms with E-state index in [1.807, 2.05) is 0 Å². The summed E-state index contributed by atoms with van der Waals surface area (Å²) in [4.78, 5) is 9.91. The number of hydrogen-bond acceptors (Lipinski definition) is 9. The molecule has 0 saturated heterocycles. The van der Waals surface area contributed by atoms with Gasteiger partial charge in [0.1, 0.15) is 36.6 Å². The molecule has 0 bridgehead atoms. The second-order valence-corrected chi connectivity index (χ2v) is 6.51. The smallest absolute Gasteiger partial charge is 0.269 e. The fourth-order valence-electron chi connectivity index (χ4n) is 2.25. The molecule has 1 aliphatic rings. The Labute approximate surface area is 130 Å². The van der Waals surface area contributed by atoms with Crippen LogP contribution in [0.2, 0.25) is 0 Å². The Morgan fingerprint density at radius 1 is 0.913 bits per heavy atom. The lowest BCUT2D eigenvalue weighted by Gasteiger charge is -2.41. The molecule has 5 unspecified atom stereocenters. The van der Waals surface area contributed by atoms with Crippen LogP contribution in [0, 0.1) is 10.1 Å². The van der Waals surface area contributed by atoms with E-state index in [1.165, 1.54) is 12.1 Å². The fourth-order valence-corrected chi connectivity index (χ4v) is 3.35. The first-order valence-electron chi connectivity index (χ1n) is 6.60. The summed E-state index contributed by atoms with van der Waals surface area (Å²) in [7, 11) is -3.03. The molecule has 11 heteroatoms. The molecular formula is C12H16NO9P. The summed E-state index contributed by atoms with van der Waals surface area (Å²) in [6, 6.07) is 4.62. The van der Waals surface area contributed by atoms with Gasteiger partial charge in [-0.3, -0.25) is 14.7 Å². The third kappa shape index (κ3) is 3.59. The lowest BCUT2D eigenvalue weighted by atomic mass is 9.85. The van der Waals surface area contributed by atoms with Crippen molar-refractivity contribution in [3.05, 3.63) is 34.4 Å². The van der Waals surface area contributed by atoms with Crippen molar-refractivity contribution >= 4 is 19.0 Å². The Bertz CT molecular complexity index is 579. The number of benzene rings is 1. The van der Waals surface area contributed by atoms with Crippen LogP contribution in [0.15, 0.2) is 24.3 Å². The Kier molecular flexibility index (Phi) is 5.48.